The van der Waals surface area contributed by atoms with Crippen LogP contribution in [0.1, 0.15) is 0 Å². The molecule has 2 fully saturated rings. The van der Waals surface area contributed by atoms with E-state index in [1.807, 2.05) is 0 Å². The molecule has 0 radical (unpaired) electrons. The van der Waals surface area contributed by atoms with Gasteiger partial charge in [0.2, 0.25) is 0 Å². The summed E-state index contributed by atoms with van der Waals surface area (Å²) < 4.78 is 21.9. The van der Waals surface area contributed by atoms with Gasteiger partial charge in [0.15, 0.2) is 0 Å². The Morgan fingerprint density at radius 3 is 1.87 bits per heavy atom. The van der Waals surface area contributed by atoms with Crippen molar-refractivity contribution in [3.05, 3.63) is 12.7 Å². The van der Waals surface area contributed by atoms with Gasteiger partial charge >= 0.3 is 96.8 Å². The van der Waals surface area contributed by atoms with E-state index in [0.717, 1.165) is 0 Å². The van der Waals surface area contributed by atoms with Gasteiger partial charge in [0.05, 0.1) is 0 Å². The van der Waals surface area contributed by atoms with Crippen LogP contribution in [-0.2, 0) is 34.8 Å². The summed E-state index contributed by atoms with van der Waals surface area (Å²) >= 11 is 2.77. The van der Waals surface area contributed by atoms with Gasteiger partial charge in [0.25, 0.3) is 0 Å². The van der Waals surface area contributed by atoms with Crippen LogP contribution in [0.15, 0.2) is 12.7 Å². The van der Waals surface area contributed by atoms with Crippen molar-refractivity contribution < 1.29 is 34.8 Å². The summed E-state index contributed by atoms with van der Waals surface area (Å²) in [6.45, 7) is 5.99. The fourth-order valence-corrected chi connectivity index (χ4v) is 1.84. The molecule has 0 bridgehead atoms. The van der Waals surface area contributed by atoms with E-state index in [-0.39, 0.29) is 18.0 Å². The fourth-order valence-electron chi connectivity index (χ4n) is 1.60. The molecule has 0 atom stereocenters. The maximum absolute atomic E-state index is 5.49. The zero-order valence-corrected chi connectivity index (χ0v) is 9.66. The van der Waals surface area contributed by atoms with E-state index in [9.17, 15) is 0 Å². The zero-order chi connectivity index (χ0) is 10.7. The second-order valence-corrected chi connectivity index (χ2v) is 4.28. The van der Waals surface area contributed by atoms with E-state index in [2.05, 4.69) is 22.4 Å². The molecule has 0 aromatic heterocycles. The molecule has 2 rings (SSSR count). The molecule has 84 valence electrons. The maximum atomic E-state index is 5.49. The molecule has 2 aliphatic rings. The van der Waals surface area contributed by atoms with Crippen molar-refractivity contribution in [3.8, 4) is 0 Å². The molecule has 5 heteroatoms. The van der Waals surface area contributed by atoms with Crippen LogP contribution < -0.4 is 0 Å². The first kappa shape index (κ1) is 11.5. The first-order chi connectivity index (χ1) is 7.28. The Kier molecular flexibility index (Phi) is 3.73. The Labute approximate surface area is 97.1 Å². The summed E-state index contributed by atoms with van der Waals surface area (Å²) in [7, 11) is 0. The Morgan fingerprint density at radius 2 is 1.47 bits per heavy atom. The second-order valence-electron chi connectivity index (χ2n) is 3.85. The van der Waals surface area contributed by atoms with Gasteiger partial charge in [-0.2, -0.15) is 0 Å². The van der Waals surface area contributed by atoms with Gasteiger partial charge < -0.3 is 0 Å². The van der Waals surface area contributed by atoms with Gasteiger partial charge in [-0.1, -0.05) is 0 Å². The molecule has 0 aromatic rings. The molecule has 15 heavy (non-hydrogen) atoms. The average Bonchev–Trinajstić information content (AvgIpc) is 2.31. The van der Waals surface area contributed by atoms with E-state index in [1.165, 1.54) is 0 Å². The van der Waals surface area contributed by atoms with Crippen LogP contribution in [0.3, 0.4) is 0 Å². The SMILES string of the molecule is C=CC1OCC2(CO1)COC([CH]=[Cr])OC2. The minimum absolute atomic E-state index is 0.154. The number of hydrogen-bond donors (Lipinski definition) is 0. The Balaban J connectivity index is 1.88. The molecule has 2 aliphatic heterocycles. The minimum atomic E-state index is -0.292. The van der Waals surface area contributed by atoms with Crippen LogP contribution in [0.25, 0.3) is 0 Å². The Morgan fingerprint density at radius 1 is 1.00 bits per heavy atom. The van der Waals surface area contributed by atoms with Crippen molar-refractivity contribution in [2.24, 2.45) is 5.41 Å². The molecule has 1 spiro atoms. The Bertz CT molecular complexity index is 210. The van der Waals surface area contributed by atoms with Crippen LogP contribution in [0.5, 0.6) is 0 Å². The summed E-state index contributed by atoms with van der Waals surface area (Å²) in [4.78, 5) is 1.77. The van der Waals surface area contributed by atoms with E-state index in [1.54, 1.807) is 11.0 Å². The van der Waals surface area contributed by atoms with Crippen LogP contribution >= 0.6 is 0 Å². The Hall–Kier alpha value is -0.0175. The summed E-state index contributed by atoms with van der Waals surface area (Å²) in [5.74, 6) is 0. The van der Waals surface area contributed by atoms with Crippen LogP contribution in [0.2, 0.25) is 0 Å². The molecular weight excluding hydrogens is 236 g/mol. The molecule has 2 heterocycles. The average molecular weight is 250 g/mol. The molecule has 0 aromatic carbocycles. The molecule has 2 saturated heterocycles. The van der Waals surface area contributed by atoms with E-state index in [0.29, 0.717) is 26.4 Å². The quantitative estimate of drug-likeness (QED) is 0.658. The van der Waals surface area contributed by atoms with E-state index >= 15 is 0 Å². The first-order valence-corrected chi connectivity index (χ1v) is 5.56. The summed E-state index contributed by atoms with van der Waals surface area (Å²) in [6.07, 6.45) is 1.11. The summed E-state index contributed by atoms with van der Waals surface area (Å²) in [5.41, 5.74) is -0.154. The van der Waals surface area contributed by atoms with Gasteiger partial charge in [0.1, 0.15) is 0 Å². The van der Waals surface area contributed by atoms with Crippen molar-refractivity contribution in [1.29, 1.82) is 0 Å². The third-order valence-corrected chi connectivity index (χ3v) is 2.87. The van der Waals surface area contributed by atoms with Gasteiger partial charge in [-0.05, 0) is 0 Å². The standard InChI is InChI=1S/C10H14O4.Cr/c1-3-9-13-6-10(7-14-9)4-11-8(2)12-5-10;/h2-3,8-9H,1,4-7H2;. The topological polar surface area (TPSA) is 36.9 Å². The van der Waals surface area contributed by atoms with Crippen molar-refractivity contribution in [1.82, 2.24) is 0 Å². The van der Waals surface area contributed by atoms with Crippen molar-refractivity contribution in [2.45, 2.75) is 12.6 Å². The second kappa shape index (κ2) is 4.88. The number of hydrogen-bond acceptors (Lipinski definition) is 4. The molecule has 0 N–H and O–H groups in total. The first-order valence-electron chi connectivity index (χ1n) is 4.82. The normalized spacial score (nSPS) is 41.3. The van der Waals surface area contributed by atoms with Gasteiger partial charge in [-0.3, -0.25) is 0 Å². The number of ether oxygens (including phenoxy) is 4. The molecule has 0 aliphatic carbocycles. The molecule has 0 saturated carbocycles. The molecule has 4 nitrogen and oxygen atoms in total. The summed E-state index contributed by atoms with van der Waals surface area (Å²) in [6, 6.07) is 0. The van der Waals surface area contributed by atoms with Crippen LogP contribution in [0, 0.1) is 5.41 Å². The van der Waals surface area contributed by atoms with Crippen LogP contribution in [0.4, 0.5) is 0 Å². The van der Waals surface area contributed by atoms with Crippen molar-refractivity contribution in [2.75, 3.05) is 26.4 Å². The van der Waals surface area contributed by atoms with Gasteiger partial charge in [-0.25, -0.2) is 0 Å². The van der Waals surface area contributed by atoms with Gasteiger partial charge in [-0.15, -0.1) is 0 Å². The zero-order valence-electron chi connectivity index (χ0n) is 8.39. The molecular formula is C10H14CrO4. The fraction of sp³-hybridized carbons (Fsp3) is 0.700. The number of rotatable bonds is 2. The van der Waals surface area contributed by atoms with Crippen LogP contribution in [-0.4, -0.2) is 43.9 Å². The van der Waals surface area contributed by atoms with Crippen molar-refractivity contribution in [3.63, 3.8) is 0 Å². The molecule has 0 unspecified atom stereocenters. The monoisotopic (exact) mass is 250 g/mol. The van der Waals surface area contributed by atoms with E-state index in [4.69, 9.17) is 18.9 Å². The predicted octanol–water partition coefficient (Wildman–Crippen LogP) is 0.254. The molecule has 0 amide bonds. The van der Waals surface area contributed by atoms with Crippen molar-refractivity contribution >= 4 is 4.88 Å². The third kappa shape index (κ3) is 2.56. The predicted molar refractivity (Wildman–Crippen MR) is 50.1 cm³/mol. The third-order valence-electron chi connectivity index (χ3n) is 2.52. The van der Waals surface area contributed by atoms with Gasteiger partial charge in [0, 0.05) is 0 Å². The van der Waals surface area contributed by atoms with E-state index < -0.39 is 0 Å². The summed E-state index contributed by atoms with van der Waals surface area (Å²) in [5, 5.41) is 0.